The molecule has 0 aromatic heterocycles. The maximum Gasteiger partial charge on any atom is 0.240 e. The van der Waals surface area contributed by atoms with Crippen LogP contribution in [0.4, 0.5) is 0 Å². The first-order valence-electron chi connectivity index (χ1n) is 6.05. The molecule has 2 fully saturated rings. The summed E-state index contributed by atoms with van der Waals surface area (Å²) in [5, 5.41) is 12.6. The number of thioether (sulfide) groups is 2. The first-order valence-corrected chi connectivity index (χ1v) is 8.25. The second kappa shape index (κ2) is 5.53. The van der Waals surface area contributed by atoms with Crippen LogP contribution in [-0.2, 0) is 4.79 Å². The largest absolute Gasteiger partial charge is 0.354 e. The minimum Gasteiger partial charge on any atom is -0.354 e. The number of carbonyl (C=O) groups is 1. The Hall–Kier alpha value is -0.340. The van der Waals surface area contributed by atoms with Gasteiger partial charge in [-0.15, -0.1) is 0 Å². The van der Waals surface area contributed by atoms with Gasteiger partial charge < -0.3 is 5.32 Å². The molecule has 1 aliphatic heterocycles. The first kappa shape index (κ1) is 13.1. The highest BCUT2D eigenvalue weighted by Gasteiger charge is 2.48. The maximum atomic E-state index is 12.0. The molecule has 1 N–H and O–H groups in total. The Balaban J connectivity index is 1.79. The average Bonchev–Trinajstić information content (AvgIpc) is 2.33. The van der Waals surface area contributed by atoms with Gasteiger partial charge in [0.1, 0.15) is 5.41 Å². The van der Waals surface area contributed by atoms with E-state index in [1.165, 1.54) is 11.5 Å². The van der Waals surface area contributed by atoms with Gasteiger partial charge in [0, 0.05) is 29.1 Å². The van der Waals surface area contributed by atoms with E-state index < -0.39 is 5.41 Å². The van der Waals surface area contributed by atoms with Crippen LogP contribution in [0.15, 0.2) is 0 Å². The third-order valence-electron chi connectivity index (χ3n) is 3.42. The minimum atomic E-state index is -0.716. The van der Waals surface area contributed by atoms with E-state index in [4.69, 9.17) is 5.26 Å². The minimum absolute atomic E-state index is 0.0470. The Bertz CT molecular complexity index is 328. The maximum absolute atomic E-state index is 12.0. The Morgan fingerprint density at radius 2 is 2.29 bits per heavy atom. The molecule has 1 heterocycles. The van der Waals surface area contributed by atoms with Crippen molar-refractivity contribution in [2.75, 3.05) is 23.8 Å². The van der Waals surface area contributed by atoms with Crippen LogP contribution >= 0.6 is 23.5 Å². The number of carbonyl (C=O) groups excluding carboxylic acids is 1. The smallest absolute Gasteiger partial charge is 0.240 e. The van der Waals surface area contributed by atoms with Gasteiger partial charge in [-0.25, -0.2) is 0 Å². The summed E-state index contributed by atoms with van der Waals surface area (Å²) >= 11 is 3.88. The standard InChI is InChI=1S/C12H18N2OS2/c1-9-4-12(5-9,8-13)11(15)14-6-10-7-16-2-3-17-10/h9-10H,2-7H2,1H3,(H,14,15). The number of nitriles is 1. The molecule has 94 valence electrons. The van der Waals surface area contributed by atoms with Gasteiger partial charge in [0.15, 0.2) is 0 Å². The molecular formula is C12H18N2OS2. The quantitative estimate of drug-likeness (QED) is 0.851. The molecular weight excluding hydrogens is 252 g/mol. The monoisotopic (exact) mass is 270 g/mol. The molecule has 17 heavy (non-hydrogen) atoms. The lowest BCUT2D eigenvalue weighted by Gasteiger charge is -2.39. The van der Waals surface area contributed by atoms with Crippen LogP contribution in [0.3, 0.4) is 0 Å². The summed E-state index contributed by atoms with van der Waals surface area (Å²) in [6, 6.07) is 2.21. The Labute approximate surface area is 111 Å². The molecule has 0 bridgehead atoms. The number of nitrogens with zero attached hydrogens (tertiary/aromatic N) is 1. The van der Waals surface area contributed by atoms with Crippen molar-refractivity contribution in [1.29, 1.82) is 5.26 Å². The molecule has 0 aromatic rings. The lowest BCUT2D eigenvalue weighted by atomic mass is 9.63. The molecule has 1 atom stereocenters. The molecule has 2 rings (SSSR count). The van der Waals surface area contributed by atoms with Gasteiger partial charge in [0.2, 0.25) is 5.91 Å². The van der Waals surface area contributed by atoms with Crippen molar-refractivity contribution in [2.45, 2.75) is 25.0 Å². The molecule has 1 saturated carbocycles. The predicted octanol–water partition coefficient (Wildman–Crippen LogP) is 1.89. The van der Waals surface area contributed by atoms with Crippen LogP contribution in [0, 0.1) is 22.7 Å². The highest BCUT2D eigenvalue weighted by Crippen LogP contribution is 2.45. The molecule has 2 aliphatic rings. The molecule has 0 radical (unpaired) electrons. The van der Waals surface area contributed by atoms with Gasteiger partial charge in [0.25, 0.3) is 0 Å². The van der Waals surface area contributed by atoms with E-state index in [0.717, 1.165) is 18.6 Å². The number of hydrogen-bond donors (Lipinski definition) is 1. The zero-order valence-electron chi connectivity index (χ0n) is 10.1. The van der Waals surface area contributed by atoms with Crippen molar-refractivity contribution in [2.24, 2.45) is 11.3 Å². The predicted molar refractivity (Wildman–Crippen MR) is 73.0 cm³/mol. The molecule has 0 aromatic carbocycles. The lowest BCUT2D eigenvalue weighted by molar-refractivity contribution is -0.133. The number of amides is 1. The normalized spacial score (nSPS) is 36.7. The van der Waals surface area contributed by atoms with E-state index in [-0.39, 0.29) is 5.91 Å². The average molecular weight is 270 g/mol. The van der Waals surface area contributed by atoms with Gasteiger partial charge in [-0.1, -0.05) is 6.92 Å². The number of nitrogens with one attached hydrogen (secondary N) is 1. The van der Waals surface area contributed by atoms with Crippen molar-refractivity contribution >= 4 is 29.4 Å². The van der Waals surface area contributed by atoms with Gasteiger partial charge in [-0.3, -0.25) is 4.79 Å². The Morgan fingerprint density at radius 1 is 1.53 bits per heavy atom. The summed E-state index contributed by atoms with van der Waals surface area (Å²) in [7, 11) is 0. The Kier molecular flexibility index (Phi) is 4.26. The topological polar surface area (TPSA) is 52.9 Å². The molecule has 0 spiro atoms. The van der Waals surface area contributed by atoms with Gasteiger partial charge in [0.05, 0.1) is 6.07 Å². The summed E-state index contributed by atoms with van der Waals surface area (Å²) in [5.74, 6) is 3.97. The first-order chi connectivity index (χ1) is 8.16. The third kappa shape index (κ3) is 2.92. The zero-order valence-corrected chi connectivity index (χ0v) is 11.7. The van der Waals surface area contributed by atoms with E-state index >= 15 is 0 Å². The summed E-state index contributed by atoms with van der Waals surface area (Å²) < 4.78 is 0. The van der Waals surface area contributed by atoms with Crippen LogP contribution < -0.4 is 5.32 Å². The second-order valence-electron chi connectivity index (χ2n) is 4.99. The molecule has 5 heteroatoms. The number of hydrogen-bond acceptors (Lipinski definition) is 4. The second-order valence-corrected chi connectivity index (χ2v) is 7.54. The van der Waals surface area contributed by atoms with E-state index in [1.807, 2.05) is 23.5 Å². The summed E-state index contributed by atoms with van der Waals surface area (Å²) in [5.41, 5.74) is -0.716. The lowest BCUT2D eigenvalue weighted by Crippen LogP contribution is -2.49. The fourth-order valence-corrected chi connectivity index (χ4v) is 5.10. The fraction of sp³-hybridized carbons (Fsp3) is 0.833. The SMILES string of the molecule is CC1CC(C#N)(C(=O)NCC2CSCCS2)C1. The van der Waals surface area contributed by atoms with Crippen LogP contribution in [0.5, 0.6) is 0 Å². The van der Waals surface area contributed by atoms with Crippen LogP contribution in [0.1, 0.15) is 19.8 Å². The summed E-state index contributed by atoms with van der Waals surface area (Å²) in [4.78, 5) is 12.0. The molecule has 1 unspecified atom stereocenters. The third-order valence-corrected chi connectivity index (χ3v) is 6.26. The zero-order chi connectivity index (χ0) is 12.3. The van der Waals surface area contributed by atoms with E-state index in [2.05, 4.69) is 18.3 Å². The summed E-state index contributed by atoms with van der Waals surface area (Å²) in [6.07, 6.45) is 1.45. The summed E-state index contributed by atoms with van der Waals surface area (Å²) in [6.45, 7) is 2.81. The van der Waals surface area contributed by atoms with Crippen molar-refractivity contribution < 1.29 is 4.79 Å². The van der Waals surface area contributed by atoms with Crippen molar-refractivity contribution in [3.63, 3.8) is 0 Å². The van der Waals surface area contributed by atoms with E-state index in [9.17, 15) is 4.79 Å². The highest BCUT2D eigenvalue weighted by molar-refractivity contribution is 8.06. The highest BCUT2D eigenvalue weighted by atomic mass is 32.2. The van der Waals surface area contributed by atoms with Gasteiger partial charge >= 0.3 is 0 Å². The molecule has 1 saturated heterocycles. The molecule has 3 nitrogen and oxygen atoms in total. The molecule has 1 aliphatic carbocycles. The van der Waals surface area contributed by atoms with Crippen LogP contribution in [-0.4, -0.2) is 35.0 Å². The van der Waals surface area contributed by atoms with Crippen molar-refractivity contribution in [3.05, 3.63) is 0 Å². The van der Waals surface area contributed by atoms with Crippen LogP contribution in [0.2, 0.25) is 0 Å². The fourth-order valence-electron chi connectivity index (χ4n) is 2.49. The van der Waals surface area contributed by atoms with Gasteiger partial charge in [-0.05, 0) is 18.8 Å². The van der Waals surface area contributed by atoms with Crippen LogP contribution in [0.25, 0.3) is 0 Å². The number of rotatable bonds is 3. The van der Waals surface area contributed by atoms with Crippen molar-refractivity contribution in [1.82, 2.24) is 5.32 Å². The molecule has 1 amide bonds. The Morgan fingerprint density at radius 3 is 2.82 bits per heavy atom. The van der Waals surface area contributed by atoms with E-state index in [1.54, 1.807) is 0 Å². The van der Waals surface area contributed by atoms with Crippen molar-refractivity contribution in [3.8, 4) is 6.07 Å². The van der Waals surface area contributed by atoms with E-state index in [0.29, 0.717) is 17.7 Å². The van der Waals surface area contributed by atoms with Gasteiger partial charge in [-0.2, -0.15) is 28.8 Å².